The van der Waals surface area contributed by atoms with Crippen molar-refractivity contribution in [3.05, 3.63) is 76.1 Å². The number of hydrogen-bond donors (Lipinski definition) is 5. The number of nitrogens with two attached hydrogens (primary N) is 1. The molecule has 1 heterocycles. The van der Waals surface area contributed by atoms with E-state index in [1.807, 2.05) is 50.5 Å². The molecule has 1 unspecified atom stereocenters. The summed E-state index contributed by atoms with van der Waals surface area (Å²) in [5.74, 6) is 0. The SMILES string of the molecule is CN/C=C(\C=N)c1ccc2c(c1)C(Nc1ccc(Cl)cc1)CCN/C2=C(/C)N. The highest BCUT2D eigenvalue weighted by Crippen LogP contribution is 2.34. The molecule has 0 saturated heterocycles. The molecule has 2 aromatic rings. The third kappa shape index (κ3) is 4.31. The van der Waals surface area contributed by atoms with Gasteiger partial charge in [-0.05, 0) is 54.8 Å². The molecule has 3 rings (SSSR count). The monoisotopic (exact) mass is 395 g/mol. The molecule has 1 aliphatic rings. The van der Waals surface area contributed by atoms with Gasteiger partial charge in [-0.1, -0.05) is 23.7 Å². The van der Waals surface area contributed by atoms with Gasteiger partial charge in [0.2, 0.25) is 0 Å². The smallest absolute Gasteiger partial charge is 0.0605 e. The van der Waals surface area contributed by atoms with Crippen molar-refractivity contribution in [3.8, 4) is 0 Å². The summed E-state index contributed by atoms with van der Waals surface area (Å²) in [6.45, 7) is 2.72. The molecule has 0 saturated carbocycles. The number of halogens is 1. The standard InChI is InChI=1S/C22H26ClN5/c1-14(25)22-19-8-3-15(16(12-24)13-26-2)11-20(19)21(9-10-27-22)28-18-6-4-17(23)5-7-18/h3-8,11-13,21,24,26-28H,9-10,25H2,1-2H3/b16-13+,22-14-,24-12?. The van der Waals surface area contributed by atoms with Gasteiger partial charge in [-0.25, -0.2) is 0 Å². The zero-order valence-electron chi connectivity index (χ0n) is 16.1. The molecule has 0 bridgehead atoms. The minimum absolute atomic E-state index is 0.0991. The van der Waals surface area contributed by atoms with Crippen LogP contribution in [-0.2, 0) is 0 Å². The Morgan fingerprint density at radius 1 is 1.25 bits per heavy atom. The Morgan fingerprint density at radius 3 is 2.64 bits per heavy atom. The molecule has 0 amide bonds. The van der Waals surface area contributed by atoms with Crippen molar-refractivity contribution < 1.29 is 0 Å². The zero-order chi connectivity index (χ0) is 20.1. The molecule has 28 heavy (non-hydrogen) atoms. The Balaban J connectivity index is 2.09. The molecule has 146 valence electrons. The highest BCUT2D eigenvalue weighted by Gasteiger charge is 2.23. The zero-order valence-corrected chi connectivity index (χ0v) is 16.9. The largest absolute Gasteiger partial charge is 0.401 e. The van der Waals surface area contributed by atoms with Crippen LogP contribution < -0.4 is 21.7 Å². The normalized spacial score (nSPS) is 18.4. The lowest BCUT2D eigenvalue weighted by Gasteiger charge is -2.21. The lowest BCUT2D eigenvalue weighted by Crippen LogP contribution is -2.16. The molecule has 1 aliphatic heterocycles. The van der Waals surface area contributed by atoms with Gasteiger partial charge in [-0.2, -0.15) is 0 Å². The van der Waals surface area contributed by atoms with Crippen molar-refractivity contribution in [2.75, 3.05) is 18.9 Å². The first kappa shape index (κ1) is 19.8. The molecule has 1 atom stereocenters. The Bertz CT molecular complexity index is 911. The van der Waals surface area contributed by atoms with E-state index in [-0.39, 0.29) is 6.04 Å². The predicted molar refractivity (Wildman–Crippen MR) is 119 cm³/mol. The van der Waals surface area contributed by atoms with Gasteiger partial charge >= 0.3 is 0 Å². The van der Waals surface area contributed by atoms with Crippen molar-refractivity contribution in [2.24, 2.45) is 5.73 Å². The minimum atomic E-state index is 0.0991. The molecule has 5 nitrogen and oxygen atoms in total. The molecule has 6 N–H and O–H groups in total. The van der Waals surface area contributed by atoms with E-state index in [9.17, 15) is 0 Å². The summed E-state index contributed by atoms with van der Waals surface area (Å²) in [7, 11) is 1.83. The fraction of sp³-hybridized carbons (Fsp3) is 0.227. The summed E-state index contributed by atoms with van der Waals surface area (Å²) in [6.07, 6.45) is 4.08. The average molecular weight is 396 g/mol. The van der Waals surface area contributed by atoms with Gasteiger partial charge in [-0.3, -0.25) is 0 Å². The Hall–Kier alpha value is -2.92. The van der Waals surface area contributed by atoms with Crippen molar-refractivity contribution in [1.82, 2.24) is 10.6 Å². The van der Waals surface area contributed by atoms with Crippen LogP contribution >= 0.6 is 11.6 Å². The van der Waals surface area contributed by atoms with E-state index >= 15 is 0 Å². The van der Waals surface area contributed by atoms with Crippen molar-refractivity contribution in [2.45, 2.75) is 19.4 Å². The molecule has 6 heteroatoms. The van der Waals surface area contributed by atoms with E-state index in [1.165, 1.54) is 6.21 Å². The second-order valence-corrected chi connectivity index (χ2v) is 7.25. The summed E-state index contributed by atoms with van der Waals surface area (Å²) >= 11 is 6.03. The van der Waals surface area contributed by atoms with E-state index in [1.54, 1.807) is 0 Å². The first-order valence-corrected chi connectivity index (χ1v) is 9.66. The minimum Gasteiger partial charge on any atom is -0.401 e. The van der Waals surface area contributed by atoms with Gasteiger partial charge in [0.1, 0.15) is 0 Å². The third-order valence-corrected chi connectivity index (χ3v) is 5.05. The Morgan fingerprint density at radius 2 is 2.00 bits per heavy atom. The van der Waals surface area contributed by atoms with Crippen LogP contribution in [0.5, 0.6) is 0 Å². The van der Waals surface area contributed by atoms with Crippen LogP contribution in [-0.4, -0.2) is 19.8 Å². The van der Waals surface area contributed by atoms with E-state index in [0.717, 1.165) is 52.3 Å². The van der Waals surface area contributed by atoms with Gasteiger partial charge in [-0.15, -0.1) is 0 Å². The van der Waals surface area contributed by atoms with Crippen LogP contribution in [0.3, 0.4) is 0 Å². The van der Waals surface area contributed by atoms with Gasteiger partial charge in [0, 0.05) is 53.6 Å². The average Bonchev–Trinajstić information content (AvgIpc) is 2.87. The summed E-state index contributed by atoms with van der Waals surface area (Å²) in [4.78, 5) is 0. The van der Waals surface area contributed by atoms with Gasteiger partial charge in [0.25, 0.3) is 0 Å². The molecule has 0 fully saturated rings. The summed E-state index contributed by atoms with van der Waals surface area (Å²) in [5, 5.41) is 18.6. The first-order valence-electron chi connectivity index (χ1n) is 9.28. The summed E-state index contributed by atoms with van der Waals surface area (Å²) in [5.41, 5.74) is 13.0. The molecule has 2 aromatic carbocycles. The molecule has 0 aliphatic carbocycles. The van der Waals surface area contributed by atoms with Crippen molar-refractivity contribution in [3.63, 3.8) is 0 Å². The van der Waals surface area contributed by atoms with Gasteiger partial charge in [0.05, 0.1) is 11.7 Å². The number of allylic oxidation sites excluding steroid dienone is 2. The van der Waals surface area contributed by atoms with E-state index < -0.39 is 0 Å². The molecular formula is C22H26ClN5. The molecule has 0 radical (unpaired) electrons. The van der Waals surface area contributed by atoms with Crippen LogP contribution in [0.2, 0.25) is 5.02 Å². The molecule has 0 spiro atoms. The van der Waals surface area contributed by atoms with Crippen molar-refractivity contribution >= 4 is 34.8 Å². The van der Waals surface area contributed by atoms with E-state index in [2.05, 4.69) is 28.1 Å². The topological polar surface area (TPSA) is 86.0 Å². The fourth-order valence-corrected chi connectivity index (χ4v) is 3.59. The second-order valence-electron chi connectivity index (χ2n) is 6.81. The highest BCUT2D eigenvalue weighted by molar-refractivity contribution is 6.30. The third-order valence-electron chi connectivity index (χ3n) is 4.80. The van der Waals surface area contributed by atoms with E-state index in [0.29, 0.717) is 5.02 Å². The van der Waals surface area contributed by atoms with Crippen molar-refractivity contribution in [1.29, 1.82) is 5.41 Å². The van der Waals surface area contributed by atoms with E-state index in [4.69, 9.17) is 22.7 Å². The van der Waals surface area contributed by atoms with Gasteiger partial charge < -0.3 is 27.1 Å². The van der Waals surface area contributed by atoms with Crippen LogP contribution in [0.4, 0.5) is 5.69 Å². The van der Waals surface area contributed by atoms with Gasteiger partial charge in [0.15, 0.2) is 0 Å². The predicted octanol–water partition coefficient (Wildman–Crippen LogP) is 4.34. The number of fused-ring (bicyclic) bond motifs is 1. The maximum absolute atomic E-state index is 7.74. The number of anilines is 1. The van der Waals surface area contributed by atoms with Crippen LogP contribution in [0, 0.1) is 5.41 Å². The highest BCUT2D eigenvalue weighted by atomic mass is 35.5. The number of rotatable bonds is 5. The molecular weight excluding hydrogens is 370 g/mol. The number of hydrogen-bond acceptors (Lipinski definition) is 5. The summed E-state index contributed by atoms with van der Waals surface area (Å²) < 4.78 is 0. The maximum atomic E-state index is 7.74. The maximum Gasteiger partial charge on any atom is 0.0605 e. The number of benzene rings is 2. The Labute approximate surface area is 171 Å². The number of nitrogens with one attached hydrogen (secondary N) is 4. The van der Waals surface area contributed by atoms with Crippen LogP contribution in [0.1, 0.15) is 36.1 Å². The second kappa shape index (κ2) is 8.85. The lowest BCUT2D eigenvalue weighted by molar-refractivity contribution is 0.682. The quantitative estimate of drug-likeness (QED) is 0.487. The molecule has 0 aromatic heterocycles. The van der Waals surface area contributed by atoms with Crippen LogP contribution in [0.25, 0.3) is 11.3 Å². The lowest BCUT2D eigenvalue weighted by atomic mass is 9.92. The van der Waals surface area contributed by atoms with Crippen LogP contribution in [0.15, 0.2) is 54.4 Å². The summed E-state index contributed by atoms with van der Waals surface area (Å²) in [6, 6.07) is 14.1. The Kier molecular flexibility index (Phi) is 6.26. The first-order chi connectivity index (χ1) is 13.5. The fourth-order valence-electron chi connectivity index (χ4n) is 3.46.